The maximum atomic E-state index is 6.57. The molecule has 8 aromatic carbocycles. The highest BCUT2D eigenvalue weighted by Gasteiger charge is 2.51. The summed E-state index contributed by atoms with van der Waals surface area (Å²) in [5, 5.41) is 2.42. The van der Waals surface area contributed by atoms with Crippen LogP contribution in [0, 0.1) is 0 Å². The number of fused-ring (bicyclic) bond motifs is 10. The number of anilines is 3. The van der Waals surface area contributed by atoms with Gasteiger partial charge in [-0.25, -0.2) is 0 Å². The molecule has 0 fully saturated rings. The van der Waals surface area contributed by atoms with Gasteiger partial charge in [0.05, 0.1) is 11.1 Å². The van der Waals surface area contributed by atoms with Crippen molar-refractivity contribution in [1.82, 2.24) is 0 Å². The van der Waals surface area contributed by atoms with E-state index in [0.717, 1.165) is 28.6 Å². The fraction of sp³-hybridized carbons (Fsp3) is 0.0213. The van der Waals surface area contributed by atoms with Crippen molar-refractivity contribution in [3.05, 3.63) is 210 Å². The molecule has 0 saturated heterocycles. The van der Waals surface area contributed by atoms with Crippen LogP contribution in [0.25, 0.3) is 33.0 Å². The van der Waals surface area contributed by atoms with E-state index in [4.69, 9.17) is 4.74 Å². The van der Waals surface area contributed by atoms with Crippen molar-refractivity contribution in [2.75, 3.05) is 4.90 Å². The highest BCUT2D eigenvalue weighted by molar-refractivity contribution is 6.06. The van der Waals surface area contributed by atoms with Crippen LogP contribution < -0.4 is 9.64 Å². The summed E-state index contributed by atoms with van der Waals surface area (Å²) in [6.07, 6.45) is 0. The zero-order valence-corrected chi connectivity index (χ0v) is 26.8. The van der Waals surface area contributed by atoms with Crippen LogP contribution in [0.1, 0.15) is 22.3 Å². The highest BCUT2D eigenvalue weighted by Crippen LogP contribution is 2.62. The van der Waals surface area contributed by atoms with E-state index < -0.39 is 5.41 Å². The summed E-state index contributed by atoms with van der Waals surface area (Å²) < 4.78 is 6.57. The monoisotopic (exact) mass is 625 g/mol. The maximum Gasteiger partial charge on any atom is 0.132 e. The van der Waals surface area contributed by atoms with E-state index in [-0.39, 0.29) is 0 Å². The molecule has 0 radical (unpaired) electrons. The number of rotatable bonds is 4. The van der Waals surface area contributed by atoms with Gasteiger partial charge in [0.1, 0.15) is 11.5 Å². The average molecular weight is 626 g/mol. The smallest absolute Gasteiger partial charge is 0.132 e. The fourth-order valence-corrected chi connectivity index (χ4v) is 8.34. The van der Waals surface area contributed by atoms with Crippen molar-refractivity contribution in [2.24, 2.45) is 0 Å². The maximum absolute atomic E-state index is 6.57. The van der Waals surface area contributed by atoms with Gasteiger partial charge in [0, 0.05) is 27.9 Å². The molecule has 2 nitrogen and oxygen atoms in total. The number of ether oxygens (including phenoxy) is 1. The molecule has 0 bridgehead atoms. The van der Waals surface area contributed by atoms with Gasteiger partial charge in [0.15, 0.2) is 0 Å². The van der Waals surface area contributed by atoms with E-state index in [1.165, 1.54) is 55.3 Å². The molecule has 2 aliphatic rings. The number of hydrogen-bond donors (Lipinski definition) is 0. The topological polar surface area (TPSA) is 12.5 Å². The van der Waals surface area contributed by atoms with Crippen LogP contribution in [-0.4, -0.2) is 0 Å². The minimum atomic E-state index is -0.499. The molecule has 0 atom stereocenters. The molecule has 0 aromatic heterocycles. The first-order valence-corrected chi connectivity index (χ1v) is 16.9. The number of benzene rings is 8. The summed E-state index contributed by atoms with van der Waals surface area (Å²) in [6, 6.07) is 67.8. The second-order valence-corrected chi connectivity index (χ2v) is 12.8. The quantitative estimate of drug-likeness (QED) is 0.193. The summed E-state index contributed by atoms with van der Waals surface area (Å²) in [6.45, 7) is 0. The largest absolute Gasteiger partial charge is 0.457 e. The van der Waals surface area contributed by atoms with Gasteiger partial charge < -0.3 is 9.64 Å². The molecule has 0 saturated carbocycles. The Morgan fingerprint density at radius 2 is 0.898 bits per heavy atom. The van der Waals surface area contributed by atoms with Crippen LogP contribution >= 0.6 is 0 Å². The standard InChI is InChI=1S/C47H31NO/c1-3-15-33(16-4-1)48(34-17-5-2-6-18-34)44-26-14-21-36-35(20-13-22-39(36)44)32-29-30-38-37-19-7-8-23-40(37)47(43(38)31-32)41-24-9-11-27-45(41)49-46-28-12-10-25-42(46)47/h1-31H. The molecule has 49 heavy (non-hydrogen) atoms. The Hall–Kier alpha value is -6.38. The number of nitrogens with zero attached hydrogens (tertiary/aromatic N) is 1. The van der Waals surface area contributed by atoms with Crippen LogP contribution in [-0.2, 0) is 5.41 Å². The first kappa shape index (κ1) is 27.7. The third-order valence-electron chi connectivity index (χ3n) is 10.3. The molecule has 2 heteroatoms. The molecule has 1 heterocycles. The van der Waals surface area contributed by atoms with Crippen LogP contribution in [0.5, 0.6) is 11.5 Å². The van der Waals surface area contributed by atoms with Crippen molar-refractivity contribution in [3.63, 3.8) is 0 Å². The lowest BCUT2D eigenvalue weighted by Gasteiger charge is -2.39. The Balaban J connectivity index is 1.22. The van der Waals surface area contributed by atoms with Gasteiger partial charge in [0.2, 0.25) is 0 Å². The molecule has 8 aromatic rings. The molecular weight excluding hydrogens is 595 g/mol. The highest BCUT2D eigenvalue weighted by atomic mass is 16.5. The normalized spacial score (nSPS) is 13.2. The predicted molar refractivity (Wildman–Crippen MR) is 201 cm³/mol. The van der Waals surface area contributed by atoms with E-state index in [2.05, 4.69) is 193 Å². The Bertz CT molecular complexity index is 2450. The van der Waals surface area contributed by atoms with Crippen LogP contribution in [0.2, 0.25) is 0 Å². The van der Waals surface area contributed by atoms with E-state index in [1.807, 2.05) is 0 Å². The molecule has 0 amide bonds. The first-order chi connectivity index (χ1) is 24.3. The van der Waals surface area contributed by atoms with Gasteiger partial charge in [-0.2, -0.15) is 0 Å². The first-order valence-electron chi connectivity index (χ1n) is 16.9. The molecule has 230 valence electrons. The summed E-state index contributed by atoms with van der Waals surface area (Å²) in [4.78, 5) is 2.36. The zero-order valence-electron chi connectivity index (χ0n) is 26.8. The van der Waals surface area contributed by atoms with Gasteiger partial charge in [-0.3, -0.25) is 0 Å². The van der Waals surface area contributed by atoms with Gasteiger partial charge in [-0.15, -0.1) is 0 Å². The van der Waals surface area contributed by atoms with Crippen LogP contribution in [0.15, 0.2) is 188 Å². The summed E-state index contributed by atoms with van der Waals surface area (Å²) in [5.41, 5.74) is 12.8. The second-order valence-electron chi connectivity index (χ2n) is 12.8. The van der Waals surface area contributed by atoms with E-state index in [1.54, 1.807) is 0 Å². The van der Waals surface area contributed by atoms with Crippen molar-refractivity contribution < 1.29 is 4.74 Å². The SMILES string of the molecule is c1ccc(N(c2ccccc2)c2cccc3c(-c4ccc5c(c4)C4(c6ccccc6Oc6ccccc64)c4ccccc4-5)cccc23)cc1. The summed E-state index contributed by atoms with van der Waals surface area (Å²) in [7, 11) is 0. The van der Waals surface area contributed by atoms with E-state index in [0.29, 0.717) is 0 Å². The Kier molecular flexibility index (Phi) is 6.13. The van der Waals surface area contributed by atoms with Gasteiger partial charge in [-0.1, -0.05) is 140 Å². The summed E-state index contributed by atoms with van der Waals surface area (Å²) >= 11 is 0. The molecule has 0 unspecified atom stereocenters. The Labute approximate surface area is 286 Å². The van der Waals surface area contributed by atoms with Crippen molar-refractivity contribution >= 4 is 27.8 Å². The number of hydrogen-bond acceptors (Lipinski definition) is 2. The fourth-order valence-electron chi connectivity index (χ4n) is 8.34. The van der Waals surface area contributed by atoms with Gasteiger partial charge >= 0.3 is 0 Å². The zero-order chi connectivity index (χ0) is 32.4. The Morgan fingerprint density at radius 3 is 1.59 bits per heavy atom. The van der Waals surface area contributed by atoms with E-state index in [9.17, 15) is 0 Å². The molecule has 1 aliphatic heterocycles. The molecule has 0 N–H and O–H groups in total. The minimum absolute atomic E-state index is 0.499. The Morgan fingerprint density at radius 1 is 0.367 bits per heavy atom. The third kappa shape index (κ3) is 4.01. The van der Waals surface area contributed by atoms with Crippen molar-refractivity contribution in [2.45, 2.75) is 5.41 Å². The van der Waals surface area contributed by atoms with Crippen molar-refractivity contribution in [1.29, 1.82) is 0 Å². The molecule has 10 rings (SSSR count). The van der Waals surface area contributed by atoms with Crippen LogP contribution in [0.3, 0.4) is 0 Å². The number of para-hydroxylation sites is 4. The predicted octanol–water partition coefficient (Wildman–Crippen LogP) is 12.4. The lowest BCUT2D eigenvalue weighted by atomic mass is 9.66. The van der Waals surface area contributed by atoms with Crippen molar-refractivity contribution in [3.8, 4) is 33.8 Å². The lowest BCUT2D eigenvalue weighted by Crippen LogP contribution is -2.32. The second kappa shape index (κ2) is 10.8. The summed E-state index contributed by atoms with van der Waals surface area (Å²) in [5.74, 6) is 1.82. The van der Waals surface area contributed by atoms with Gasteiger partial charge in [-0.05, 0) is 87.3 Å². The average Bonchev–Trinajstić information content (AvgIpc) is 3.46. The molecular formula is C47H31NO. The molecule has 1 spiro atoms. The van der Waals surface area contributed by atoms with Gasteiger partial charge in [0.25, 0.3) is 0 Å². The van der Waals surface area contributed by atoms with E-state index >= 15 is 0 Å². The minimum Gasteiger partial charge on any atom is -0.457 e. The van der Waals surface area contributed by atoms with Crippen LogP contribution in [0.4, 0.5) is 17.1 Å². The third-order valence-corrected chi connectivity index (χ3v) is 10.3. The lowest BCUT2D eigenvalue weighted by molar-refractivity contribution is 0.436. The molecule has 1 aliphatic carbocycles.